The Hall–Kier alpha value is -3.36. The van der Waals surface area contributed by atoms with E-state index in [0.717, 1.165) is 22.3 Å². The van der Waals surface area contributed by atoms with Crippen molar-refractivity contribution in [1.29, 1.82) is 0 Å². The molecule has 0 unspecified atom stereocenters. The van der Waals surface area contributed by atoms with E-state index < -0.39 is 23.2 Å². The summed E-state index contributed by atoms with van der Waals surface area (Å²) in [6, 6.07) is 6.93. The van der Waals surface area contributed by atoms with E-state index >= 15 is 0 Å². The SMILES string of the molecule is CCCCn1c(O)c(C2=NN(C(=O)CC)[C@@H](c3ccc(OCC)cc3)C2)c(=O)[nH]c1=O. The second-order valence-electron chi connectivity index (χ2n) is 7.32. The highest BCUT2D eigenvalue weighted by Gasteiger charge is 2.35. The third-order valence-electron chi connectivity index (χ3n) is 5.24. The monoisotopic (exact) mass is 428 g/mol. The number of H-pyrrole nitrogens is 1. The number of carbonyl (C=O) groups is 1. The standard InChI is InChI=1S/C22H28N4O5/c1-4-7-12-25-21(29)19(20(28)23-22(25)30)16-13-17(26(24-16)18(27)5-2)14-8-10-15(11-9-14)31-6-3/h8-11,17,29H,4-7,12-13H2,1-3H3,(H,23,28,30)/t17-/m1/s1. The highest BCUT2D eigenvalue weighted by atomic mass is 16.5. The predicted molar refractivity (Wildman–Crippen MR) is 117 cm³/mol. The van der Waals surface area contributed by atoms with Crippen molar-refractivity contribution in [1.82, 2.24) is 14.6 Å². The van der Waals surface area contributed by atoms with Crippen molar-refractivity contribution in [3.8, 4) is 11.6 Å². The summed E-state index contributed by atoms with van der Waals surface area (Å²) in [6.07, 6.45) is 1.96. The van der Waals surface area contributed by atoms with E-state index in [9.17, 15) is 19.5 Å². The summed E-state index contributed by atoms with van der Waals surface area (Å²) in [5.41, 5.74) is -0.352. The number of hydrogen-bond acceptors (Lipinski definition) is 6. The van der Waals surface area contributed by atoms with Crippen molar-refractivity contribution in [3.63, 3.8) is 0 Å². The lowest BCUT2D eigenvalue weighted by Crippen LogP contribution is -2.33. The molecule has 0 fully saturated rings. The average molecular weight is 428 g/mol. The Morgan fingerprint density at radius 3 is 2.55 bits per heavy atom. The smallest absolute Gasteiger partial charge is 0.331 e. The molecule has 0 spiro atoms. The number of amides is 1. The predicted octanol–water partition coefficient (Wildman–Crippen LogP) is 2.53. The molecular weight excluding hydrogens is 400 g/mol. The number of nitrogens with zero attached hydrogens (tertiary/aromatic N) is 3. The second kappa shape index (κ2) is 9.63. The highest BCUT2D eigenvalue weighted by molar-refractivity contribution is 6.04. The van der Waals surface area contributed by atoms with Gasteiger partial charge in [-0.2, -0.15) is 5.10 Å². The van der Waals surface area contributed by atoms with E-state index in [0.29, 0.717) is 13.0 Å². The number of carbonyl (C=O) groups excluding carboxylic acids is 1. The zero-order chi connectivity index (χ0) is 22.5. The van der Waals surface area contributed by atoms with E-state index in [4.69, 9.17) is 4.74 Å². The van der Waals surface area contributed by atoms with Crippen LogP contribution in [0, 0.1) is 0 Å². The van der Waals surface area contributed by atoms with Gasteiger partial charge in [0.05, 0.1) is 18.4 Å². The van der Waals surface area contributed by atoms with E-state index in [2.05, 4.69) is 10.1 Å². The largest absolute Gasteiger partial charge is 0.494 e. The number of aromatic amines is 1. The quantitative estimate of drug-likeness (QED) is 0.670. The molecule has 0 bridgehead atoms. The minimum Gasteiger partial charge on any atom is -0.494 e. The fraction of sp³-hybridized carbons (Fsp3) is 0.455. The Morgan fingerprint density at radius 1 is 1.23 bits per heavy atom. The normalized spacial score (nSPS) is 15.8. The van der Waals surface area contributed by atoms with Crippen molar-refractivity contribution in [2.75, 3.05) is 6.61 Å². The molecule has 1 aromatic carbocycles. The van der Waals surface area contributed by atoms with Crippen LogP contribution in [0.15, 0.2) is 39.0 Å². The molecule has 1 aliphatic heterocycles. The molecule has 1 amide bonds. The van der Waals surface area contributed by atoms with Gasteiger partial charge < -0.3 is 9.84 Å². The first-order valence-corrected chi connectivity index (χ1v) is 10.6. The summed E-state index contributed by atoms with van der Waals surface area (Å²) in [4.78, 5) is 39.5. The maximum Gasteiger partial charge on any atom is 0.331 e. The van der Waals surface area contributed by atoms with Gasteiger partial charge in [0.2, 0.25) is 11.8 Å². The number of aromatic nitrogens is 2. The topological polar surface area (TPSA) is 117 Å². The molecular formula is C22H28N4O5. The zero-order valence-electron chi connectivity index (χ0n) is 18.1. The molecule has 166 valence electrons. The van der Waals surface area contributed by atoms with Gasteiger partial charge in [0.15, 0.2) is 0 Å². The number of hydrazone groups is 1. The summed E-state index contributed by atoms with van der Waals surface area (Å²) < 4.78 is 6.62. The van der Waals surface area contributed by atoms with Crippen LogP contribution in [-0.2, 0) is 11.3 Å². The van der Waals surface area contributed by atoms with Gasteiger partial charge in [0.1, 0.15) is 11.3 Å². The maximum absolute atomic E-state index is 12.6. The summed E-state index contributed by atoms with van der Waals surface area (Å²) in [7, 11) is 0. The number of hydrogen-bond donors (Lipinski definition) is 2. The third kappa shape index (κ3) is 4.55. The van der Waals surface area contributed by atoms with Crippen LogP contribution in [0.3, 0.4) is 0 Å². The van der Waals surface area contributed by atoms with Gasteiger partial charge in [-0.05, 0) is 31.0 Å². The zero-order valence-corrected chi connectivity index (χ0v) is 18.1. The fourth-order valence-electron chi connectivity index (χ4n) is 3.61. The molecule has 2 heterocycles. The molecule has 9 nitrogen and oxygen atoms in total. The summed E-state index contributed by atoms with van der Waals surface area (Å²) in [6.45, 7) is 6.42. The van der Waals surface area contributed by atoms with Crippen LogP contribution < -0.4 is 16.0 Å². The van der Waals surface area contributed by atoms with E-state index in [-0.39, 0.29) is 36.6 Å². The van der Waals surface area contributed by atoms with E-state index in [1.54, 1.807) is 6.92 Å². The molecule has 9 heteroatoms. The Morgan fingerprint density at radius 2 is 1.94 bits per heavy atom. The lowest BCUT2D eigenvalue weighted by atomic mass is 9.99. The third-order valence-corrected chi connectivity index (χ3v) is 5.24. The Balaban J connectivity index is 2.02. The molecule has 1 aromatic heterocycles. The average Bonchev–Trinajstić information content (AvgIpc) is 3.18. The number of ether oxygens (including phenoxy) is 1. The van der Waals surface area contributed by atoms with Crippen molar-refractivity contribution >= 4 is 11.6 Å². The first kappa shape index (κ1) is 22.3. The van der Waals surface area contributed by atoms with E-state index in [1.807, 2.05) is 38.1 Å². The minimum atomic E-state index is -0.717. The highest BCUT2D eigenvalue weighted by Crippen LogP contribution is 2.34. The first-order valence-electron chi connectivity index (χ1n) is 10.6. The number of benzene rings is 1. The van der Waals surface area contributed by atoms with E-state index in [1.165, 1.54) is 5.01 Å². The van der Waals surface area contributed by atoms with Gasteiger partial charge >= 0.3 is 5.69 Å². The van der Waals surface area contributed by atoms with Gasteiger partial charge in [-0.15, -0.1) is 0 Å². The maximum atomic E-state index is 12.6. The minimum absolute atomic E-state index is 0.0713. The van der Waals surface area contributed by atoms with Crippen LogP contribution in [0.5, 0.6) is 11.6 Å². The molecule has 0 saturated heterocycles. The molecule has 3 rings (SSSR count). The van der Waals surface area contributed by atoms with Gasteiger partial charge in [0, 0.05) is 19.4 Å². The Labute approximate surface area is 180 Å². The van der Waals surface area contributed by atoms with Crippen LogP contribution >= 0.6 is 0 Å². The lowest BCUT2D eigenvalue weighted by molar-refractivity contribution is -0.132. The van der Waals surface area contributed by atoms with Crippen LogP contribution in [0.1, 0.15) is 63.6 Å². The molecule has 31 heavy (non-hydrogen) atoms. The number of unbranched alkanes of at least 4 members (excludes halogenated alkanes) is 1. The van der Waals surface area contributed by atoms with Gasteiger partial charge in [0.25, 0.3) is 5.56 Å². The van der Waals surface area contributed by atoms with Crippen molar-refractivity contribution in [2.45, 2.75) is 59.0 Å². The molecule has 0 saturated carbocycles. The number of rotatable bonds is 8. The molecule has 2 aromatic rings. The summed E-state index contributed by atoms with van der Waals surface area (Å²) >= 11 is 0. The van der Waals surface area contributed by atoms with Gasteiger partial charge in [-0.1, -0.05) is 32.4 Å². The molecule has 0 radical (unpaired) electrons. The lowest BCUT2D eigenvalue weighted by Gasteiger charge is -2.21. The van der Waals surface area contributed by atoms with Crippen LogP contribution in [0.4, 0.5) is 0 Å². The second-order valence-corrected chi connectivity index (χ2v) is 7.32. The van der Waals surface area contributed by atoms with Gasteiger partial charge in [-0.25, -0.2) is 9.80 Å². The van der Waals surface area contributed by atoms with Crippen LogP contribution in [-0.4, -0.2) is 37.9 Å². The molecule has 2 N–H and O–H groups in total. The Kier molecular flexibility index (Phi) is 6.94. The summed E-state index contributed by atoms with van der Waals surface area (Å²) in [5.74, 6) is 0.0946. The molecule has 1 atom stereocenters. The van der Waals surface area contributed by atoms with Crippen molar-refractivity contribution < 1.29 is 14.6 Å². The molecule has 0 aliphatic carbocycles. The first-order chi connectivity index (χ1) is 14.9. The van der Waals surface area contributed by atoms with Crippen LogP contribution in [0.25, 0.3) is 0 Å². The summed E-state index contributed by atoms with van der Waals surface area (Å²) in [5, 5.41) is 16.5. The Bertz CT molecular complexity index is 1080. The van der Waals surface area contributed by atoms with Gasteiger partial charge in [-0.3, -0.25) is 19.1 Å². The van der Waals surface area contributed by atoms with Crippen LogP contribution in [0.2, 0.25) is 0 Å². The number of aromatic hydroxyl groups is 1. The van der Waals surface area contributed by atoms with Crippen molar-refractivity contribution in [2.24, 2.45) is 5.10 Å². The van der Waals surface area contributed by atoms with Crippen molar-refractivity contribution in [3.05, 3.63) is 56.2 Å². The fourth-order valence-corrected chi connectivity index (χ4v) is 3.61. The molecule has 1 aliphatic rings. The number of nitrogens with one attached hydrogen (secondary N) is 1.